The van der Waals surface area contributed by atoms with Crippen LogP contribution in [0.25, 0.3) is 0 Å². The third-order valence-electron chi connectivity index (χ3n) is 4.28. The zero-order valence-electron chi connectivity index (χ0n) is 15.7. The van der Waals surface area contributed by atoms with E-state index in [1.54, 1.807) is 23.5 Å². The van der Waals surface area contributed by atoms with Crippen LogP contribution in [0.4, 0.5) is 11.4 Å². The first-order valence-corrected chi connectivity index (χ1v) is 10.1. The Balaban J connectivity index is 1.43. The Hall–Kier alpha value is -3.23. The minimum atomic E-state index is -0.435. The number of amides is 1. The smallest absolute Gasteiger partial charge is 0.269 e. The lowest BCUT2D eigenvalue weighted by Gasteiger charge is -2.18. The monoisotopic (exact) mass is 410 g/mol. The molecule has 1 amide bonds. The first-order valence-electron chi connectivity index (χ1n) is 9.20. The number of hydrogen-bond acceptors (Lipinski definition) is 6. The van der Waals surface area contributed by atoms with Crippen LogP contribution in [0.15, 0.2) is 72.1 Å². The van der Waals surface area contributed by atoms with Gasteiger partial charge >= 0.3 is 0 Å². The number of anilines is 1. The zero-order chi connectivity index (χ0) is 20.5. The molecule has 3 rings (SSSR count). The van der Waals surface area contributed by atoms with Gasteiger partial charge in [0, 0.05) is 35.8 Å². The number of benzene rings is 2. The number of nitrogens with zero attached hydrogens (tertiary/aromatic N) is 1. The predicted octanol–water partition coefficient (Wildman–Crippen LogP) is 3.56. The number of nitro groups is 1. The highest BCUT2D eigenvalue weighted by Crippen LogP contribution is 2.25. The molecule has 0 fully saturated rings. The van der Waals surface area contributed by atoms with Crippen molar-refractivity contribution in [2.45, 2.75) is 6.04 Å². The second-order valence-corrected chi connectivity index (χ2v) is 7.30. The average Bonchev–Trinajstić information content (AvgIpc) is 3.27. The Morgan fingerprint density at radius 2 is 1.76 bits per heavy atom. The molecule has 7 nitrogen and oxygen atoms in total. The summed E-state index contributed by atoms with van der Waals surface area (Å²) in [5.41, 5.74) is 1.93. The van der Waals surface area contributed by atoms with Gasteiger partial charge in [0.15, 0.2) is 0 Å². The fraction of sp³-hybridized carbons (Fsp3) is 0.190. The molecule has 1 heterocycles. The first-order chi connectivity index (χ1) is 14.1. The molecular formula is C21H22N4O3S. The van der Waals surface area contributed by atoms with Crippen LogP contribution < -0.4 is 16.0 Å². The molecule has 1 aromatic heterocycles. The van der Waals surface area contributed by atoms with Gasteiger partial charge in [-0.1, -0.05) is 36.4 Å². The van der Waals surface area contributed by atoms with Crippen LogP contribution in [0, 0.1) is 10.1 Å². The molecule has 0 radical (unpaired) electrons. The summed E-state index contributed by atoms with van der Waals surface area (Å²) < 4.78 is 0. The van der Waals surface area contributed by atoms with Crippen molar-refractivity contribution in [3.05, 3.63) is 92.7 Å². The second kappa shape index (κ2) is 10.4. The topological polar surface area (TPSA) is 96.3 Å². The van der Waals surface area contributed by atoms with Gasteiger partial charge in [-0.15, -0.1) is 11.3 Å². The average molecular weight is 410 g/mol. The largest absolute Gasteiger partial charge is 0.383 e. The molecule has 0 spiro atoms. The first kappa shape index (κ1) is 20.5. The standard InChI is InChI=1S/C21H22N4O3S/c26-20(23-13-12-22-17-8-10-18(11-9-17)25(27)28)15-24-21(19-7-4-14-29-19)16-5-2-1-3-6-16/h1-11,14,21-22,24H,12-13,15H2,(H,23,26)/t21-/m1/s1. The Kier molecular flexibility index (Phi) is 7.32. The van der Waals surface area contributed by atoms with Crippen molar-refractivity contribution < 1.29 is 9.72 Å². The minimum Gasteiger partial charge on any atom is -0.383 e. The normalized spacial score (nSPS) is 11.6. The van der Waals surface area contributed by atoms with E-state index in [2.05, 4.69) is 22.0 Å². The summed E-state index contributed by atoms with van der Waals surface area (Å²) in [5.74, 6) is -0.0898. The van der Waals surface area contributed by atoms with Gasteiger partial charge in [0.2, 0.25) is 5.91 Å². The van der Waals surface area contributed by atoms with Crippen LogP contribution in [0.2, 0.25) is 0 Å². The number of non-ortho nitro benzene ring substituents is 1. The fourth-order valence-electron chi connectivity index (χ4n) is 2.85. The number of thiophene rings is 1. The van der Waals surface area contributed by atoms with Crippen molar-refractivity contribution in [3.63, 3.8) is 0 Å². The third-order valence-corrected chi connectivity index (χ3v) is 5.22. The van der Waals surface area contributed by atoms with E-state index in [1.165, 1.54) is 12.1 Å². The van der Waals surface area contributed by atoms with Crippen LogP contribution in [0.1, 0.15) is 16.5 Å². The number of hydrogen-bond donors (Lipinski definition) is 3. The molecule has 0 bridgehead atoms. The molecule has 3 N–H and O–H groups in total. The quantitative estimate of drug-likeness (QED) is 0.270. The molecule has 0 saturated carbocycles. The number of carbonyl (C=O) groups excluding carboxylic acids is 1. The van der Waals surface area contributed by atoms with Crippen molar-refractivity contribution in [3.8, 4) is 0 Å². The van der Waals surface area contributed by atoms with Crippen LogP contribution in [-0.2, 0) is 4.79 Å². The molecule has 3 aromatic rings. The molecule has 29 heavy (non-hydrogen) atoms. The predicted molar refractivity (Wildman–Crippen MR) is 115 cm³/mol. The lowest BCUT2D eigenvalue weighted by Crippen LogP contribution is -2.37. The number of nitrogens with one attached hydrogen (secondary N) is 3. The summed E-state index contributed by atoms with van der Waals surface area (Å²) in [6, 6.07) is 20.2. The maximum absolute atomic E-state index is 12.2. The molecule has 8 heteroatoms. The molecule has 2 aromatic carbocycles. The van der Waals surface area contributed by atoms with Crippen LogP contribution in [-0.4, -0.2) is 30.5 Å². The molecule has 0 saturated heterocycles. The molecule has 1 atom stereocenters. The summed E-state index contributed by atoms with van der Waals surface area (Å²) in [4.78, 5) is 23.6. The highest BCUT2D eigenvalue weighted by atomic mass is 32.1. The lowest BCUT2D eigenvalue weighted by molar-refractivity contribution is -0.384. The fourth-order valence-corrected chi connectivity index (χ4v) is 3.68. The third kappa shape index (κ3) is 6.13. The van der Waals surface area contributed by atoms with Gasteiger partial charge in [-0.05, 0) is 29.1 Å². The number of rotatable bonds is 10. The summed E-state index contributed by atoms with van der Waals surface area (Å²) in [7, 11) is 0. The summed E-state index contributed by atoms with van der Waals surface area (Å²) in [5, 5.41) is 22.0. The second-order valence-electron chi connectivity index (χ2n) is 6.32. The highest BCUT2D eigenvalue weighted by Gasteiger charge is 2.15. The van der Waals surface area contributed by atoms with E-state index < -0.39 is 4.92 Å². The number of carbonyl (C=O) groups is 1. The Morgan fingerprint density at radius 1 is 1.00 bits per heavy atom. The van der Waals surface area contributed by atoms with Crippen LogP contribution in [0.5, 0.6) is 0 Å². The van der Waals surface area contributed by atoms with Crippen molar-refractivity contribution in [1.82, 2.24) is 10.6 Å². The maximum atomic E-state index is 12.2. The Labute approximate surface area is 172 Å². The summed E-state index contributed by atoms with van der Waals surface area (Å²) in [6.45, 7) is 1.18. The van der Waals surface area contributed by atoms with Crippen molar-refractivity contribution in [2.75, 3.05) is 25.0 Å². The summed E-state index contributed by atoms with van der Waals surface area (Å²) in [6.07, 6.45) is 0. The van der Waals surface area contributed by atoms with E-state index in [4.69, 9.17) is 0 Å². The Bertz CT molecular complexity index is 915. The SMILES string of the molecule is O=C(CN[C@H](c1ccccc1)c1cccs1)NCCNc1ccc([N+](=O)[O-])cc1. The van der Waals surface area contributed by atoms with Gasteiger partial charge in [-0.2, -0.15) is 0 Å². The van der Waals surface area contributed by atoms with Gasteiger partial charge in [0.05, 0.1) is 17.5 Å². The van der Waals surface area contributed by atoms with Crippen molar-refractivity contribution in [2.24, 2.45) is 0 Å². The number of nitro benzene ring substituents is 1. The van der Waals surface area contributed by atoms with Gasteiger partial charge in [0.25, 0.3) is 5.69 Å². The Morgan fingerprint density at radius 3 is 2.41 bits per heavy atom. The van der Waals surface area contributed by atoms with Gasteiger partial charge in [-0.25, -0.2) is 0 Å². The summed E-state index contributed by atoms with van der Waals surface area (Å²) >= 11 is 1.65. The molecule has 0 unspecified atom stereocenters. The van der Waals surface area contributed by atoms with Crippen molar-refractivity contribution in [1.29, 1.82) is 0 Å². The molecular weight excluding hydrogens is 388 g/mol. The molecule has 0 aliphatic rings. The van der Waals surface area contributed by atoms with E-state index in [9.17, 15) is 14.9 Å². The molecule has 0 aliphatic carbocycles. The van der Waals surface area contributed by atoms with Gasteiger partial charge < -0.3 is 10.6 Å². The van der Waals surface area contributed by atoms with Gasteiger partial charge in [-0.3, -0.25) is 20.2 Å². The van der Waals surface area contributed by atoms with Crippen LogP contribution >= 0.6 is 11.3 Å². The van der Waals surface area contributed by atoms with E-state index in [0.717, 1.165) is 16.1 Å². The molecule has 150 valence electrons. The van der Waals surface area contributed by atoms with E-state index in [1.807, 2.05) is 41.8 Å². The zero-order valence-corrected chi connectivity index (χ0v) is 16.5. The minimum absolute atomic E-state index is 0.0276. The lowest BCUT2D eigenvalue weighted by atomic mass is 10.1. The van der Waals surface area contributed by atoms with Crippen LogP contribution in [0.3, 0.4) is 0 Å². The van der Waals surface area contributed by atoms with E-state index in [0.29, 0.717) is 13.1 Å². The molecule has 0 aliphatic heterocycles. The van der Waals surface area contributed by atoms with E-state index >= 15 is 0 Å². The van der Waals surface area contributed by atoms with E-state index in [-0.39, 0.29) is 24.2 Å². The van der Waals surface area contributed by atoms with Gasteiger partial charge in [0.1, 0.15) is 0 Å². The highest BCUT2D eigenvalue weighted by molar-refractivity contribution is 7.10. The maximum Gasteiger partial charge on any atom is 0.269 e. The van der Waals surface area contributed by atoms with Crippen molar-refractivity contribution >= 4 is 28.6 Å².